The Morgan fingerprint density at radius 1 is 1.53 bits per heavy atom. The number of fused-ring (bicyclic) bond motifs is 1. The third kappa shape index (κ3) is 1.79. The van der Waals surface area contributed by atoms with Crippen LogP contribution in [0.2, 0.25) is 0 Å². The minimum absolute atomic E-state index is 0.739. The largest absolute Gasteiger partial charge is 0.497 e. The fourth-order valence-electron chi connectivity index (χ4n) is 1.47. The van der Waals surface area contributed by atoms with Gasteiger partial charge in [-0.1, -0.05) is 0 Å². The Bertz CT molecular complexity index is 510. The Hall–Kier alpha value is -1.97. The van der Waals surface area contributed by atoms with Crippen LogP contribution >= 0.6 is 0 Å². The maximum atomic E-state index is 5.63. The van der Waals surface area contributed by atoms with Crippen molar-refractivity contribution in [3.63, 3.8) is 0 Å². The lowest BCUT2D eigenvalue weighted by Crippen LogP contribution is -1.89. The lowest BCUT2D eigenvalue weighted by Gasteiger charge is -1.98. The Labute approximate surface area is 87.7 Å². The maximum absolute atomic E-state index is 5.63. The highest BCUT2D eigenvalue weighted by molar-refractivity contribution is 5.88. The van der Waals surface area contributed by atoms with Crippen molar-refractivity contribution in [2.75, 3.05) is 7.11 Å². The van der Waals surface area contributed by atoms with Crippen molar-refractivity contribution < 1.29 is 4.74 Å². The molecule has 0 radical (unpaired) electrons. The first kappa shape index (κ1) is 9.58. The van der Waals surface area contributed by atoms with Crippen LogP contribution in [0.1, 0.15) is 12.6 Å². The topological polar surface area (TPSA) is 63.9 Å². The summed E-state index contributed by atoms with van der Waals surface area (Å²) in [6.07, 6.45) is 1.86. The maximum Gasteiger partial charge on any atom is 0.119 e. The van der Waals surface area contributed by atoms with Crippen molar-refractivity contribution in [1.82, 2.24) is 10.2 Å². The summed E-state index contributed by atoms with van der Waals surface area (Å²) in [6.45, 7) is 1.84. The molecule has 0 amide bonds. The van der Waals surface area contributed by atoms with Crippen LogP contribution in [0.5, 0.6) is 5.75 Å². The average Bonchev–Trinajstić information content (AvgIpc) is 2.60. The quantitative estimate of drug-likeness (QED) is 0.783. The van der Waals surface area contributed by atoms with Crippen LogP contribution < -0.4 is 10.5 Å². The van der Waals surface area contributed by atoms with Gasteiger partial charge < -0.3 is 10.5 Å². The van der Waals surface area contributed by atoms with Crippen LogP contribution in [0.4, 0.5) is 0 Å². The van der Waals surface area contributed by atoms with Gasteiger partial charge in [0.25, 0.3) is 0 Å². The van der Waals surface area contributed by atoms with Crippen LogP contribution in [0.3, 0.4) is 0 Å². The van der Waals surface area contributed by atoms with Crippen LogP contribution in [0.15, 0.2) is 23.9 Å². The smallest absolute Gasteiger partial charge is 0.119 e. The molecule has 1 aromatic carbocycles. The molecule has 15 heavy (non-hydrogen) atoms. The second-order valence-electron chi connectivity index (χ2n) is 3.41. The molecule has 2 rings (SSSR count). The van der Waals surface area contributed by atoms with E-state index in [1.54, 1.807) is 7.11 Å². The lowest BCUT2D eigenvalue weighted by molar-refractivity contribution is 0.415. The first-order valence-corrected chi connectivity index (χ1v) is 4.66. The number of nitrogens with two attached hydrogens (primary N) is 1. The van der Waals surface area contributed by atoms with E-state index >= 15 is 0 Å². The number of allylic oxidation sites excluding steroid dienone is 1. The van der Waals surface area contributed by atoms with Gasteiger partial charge in [-0.3, -0.25) is 5.10 Å². The Morgan fingerprint density at radius 2 is 2.33 bits per heavy atom. The summed E-state index contributed by atoms with van der Waals surface area (Å²) in [4.78, 5) is 0. The number of H-pyrrole nitrogens is 1. The van der Waals surface area contributed by atoms with E-state index < -0.39 is 0 Å². The summed E-state index contributed by atoms with van der Waals surface area (Å²) in [5, 5.41) is 8.11. The van der Waals surface area contributed by atoms with Crippen molar-refractivity contribution in [2.24, 2.45) is 5.73 Å². The molecule has 0 saturated carbocycles. The van der Waals surface area contributed by atoms with E-state index in [2.05, 4.69) is 10.2 Å². The predicted molar refractivity (Wildman–Crippen MR) is 60.5 cm³/mol. The highest BCUT2D eigenvalue weighted by Gasteiger charge is 2.04. The second kappa shape index (κ2) is 3.65. The zero-order chi connectivity index (χ0) is 10.8. The van der Waals surface area contributed by atoms with Gasteiger partial charge in [-0.05, 0) is 31.2 Å². The number of rotatable bonds is 2. The summed E-state index contributed by atoms with van der Waals surface area (Å²) in [5.74, 6) is 0.813. The summed E-state index contributed by atoms with van der Waals surface area (Å²) < 4.78 is 5.16. The monoisotopic (exact) mass is 203 g/mol. The summed E-state index contributed by atoms with van der Waals surface area (Å²) in [5.41, 5.74) is 8.18. The minimum atomic E-state index is 0.739. The lowest BCUT2D eigenvalue weighted by atomic mass is 10.2. The zero-order valence-corrected chi connectivity index (χ0v) is 8.74. The molecule has 0 saturated heterocycles. The number of hydrogen-bond donors (Lipinski definition) is 2. The van der Waals surface area contributed by atoms with Gasteiger partial charge in [0.1, 0.15) is 5.75 Å². The van der Waals surface area contributed by atoms with E-state index in [1.807, 2.05) is 31.2 Å². The zero-order valence-electron chi connectivity index (χ0n) is 8.74. The van der Waals surface area contributed by atoms with Crippen LogP contribution in [-0.2, 0) is 0 Å². The summed E-state index contributed by atoms with van der Waals surface area (Å²) >= 11 is 0. The summed E-state index contributed by atoms with van der Waals surface area (Å²) in [6, 6.07) is 5.73. The SMILES string of the molecule is COc1ccc2n[nH]c(/C=C(/C)N)c2c1. The predicted octanol–water partition coefficient (Wildman–Crippen LogP) is 1.89. The second-order valence-corrected chi connectivity index (χ2v) is 3.41. The normalized spacial score (nSPS) is 12.0. The number of nitrogens with zero attached hydrogens (tertiary/aromatic N) is 1. The molecule has 0 aliphatic rings. The summed E-state index contributed by atoms with van der Waals surface area (Å²) in [7, 11) is 1.64. The minimum Gasteiger partial charge on any atom is -0.497 e. The van der Waals surface area contributed by atoms with Gasteiger partial charge in [0.15, 0.2) is 0 Å². The Morgan fingerprint density at radius 3 is 3.00 bits per heavy atom. The number of ether oxygens (including phenoxy) is 1. The molecule has 0 bridgehead atoms. The average molecular weight is 203 g/mol. The van der Waals surface area contributed by atoms with Gasteiger partial charge in [-0.2, -0.15) is 5.10 Å². The molecule has 3 N–H and O–H groups in total. The molecule has 0 aliphatic heterocycles. The van der Waals surface area contributed by atoms with E-state index in [0.717, 1.165) is 28.0 Å². The molecule has 1 heterocycles. The van der Waals surface area contributed by atoms with Crippen molar-refractivity contribution >= 4 is 17.0 Å². The number of nitrogens with one attached hydrogen (secondary N) is 1. The van der Waals surface area contributed by atoms with E-state index in [9.17, 15) is 0 Å². The number of hydrogen-bond acceptors (Lipinski definition) is 3. The molecule has 0 unspecified atom stereocenters. The van der Waals surface area contributed by atoms with Crippen molar-refractivity contribution in [1.29, 1.82) is 0 Å². The van der Waals surface area contributed by atoms with Crippen LogP contribution in [-0.4, -0.2) is 17.3 Å². The third-order valence-corrected chi connectivity index (χ3v) is 2.16. The molecular formula is C11H13N3O. The molecule has 2 aromatic rings. The van der Waals surface area contributed by atoms with Crippen LogP contribution in [0, 0.1) is 0 Å². The van der Waals surface area contributed by atoms with E-state index in [0.29, 0.717) is 0 Å². The van der Waals surface area contributed by atoms with E-state index in [4.69, 9.17) is 10.5 Å². The van der Waals surface area contributed by atoms with Crippen molar-refractivity contribution in [2.45, 2.75) is 6.92 Å². The molecule has 1 aromatic heterocycles. The number of aromatic amines is 1. The number of aromatic nitrogens is 2. The third-order valence-electron chi connectivity index (χ3n) is 2.16. The van der Waals surface area contributed by atoms with Gasteiger partial charge >= 0.3 is 0 Å². The number of benzene rings is 1. The van der Waals surface area contributed by atoms with Gasteiger partial charge in [0.2, 0.25) is 0 Å². The first-order valence-electron chi connectivity index (χ1n) is 4.66. The fourth-order valence-corrected chi connectivity index (χ4v) is 1.47. The molecular weight excluding hydrogens is 190 g/mol. The molecule has 4 nitrogen and oxygen atoms in total. The molecule has 0 atom stereocenters. The Kier molecular flexibility index (Phi) is 2.33. The highest BCUT2D eigenvalue weighted by atomic mass is 16.5. The molecule has 0 spiro atoms. The molecule has 4 heteroatoms. The molecule has 0 fully saturated rings. The fraction of sp³-hybridized carbons (Fsp3) is 0.182. The van der Waals surface area contributed by atoms with Gasteiger partial charge in [0, 0.05) is 11.1 Å². The van der Waals surface area contributed by atoms with Crippen molar-refractivity contribution in [3.05, 3.63) is 29.6 Å². The standard InChI is InChI=1S/C11H13N3O/c1-7(12)5-11-9-6-8(15-2)3-4-10(9)13-14-11/h3-6H,12H2,1-2H3,(H,13,14)/b7-5-. The molecule has 78 valence electrons. The van der Waals surface area contributed by atoms with Crippen LogP contribution in [0.25, 0.3) is 17.0 Å². The van der Waals surface area contributed by atoms with E-state index in [1.165, 1.54) is 0 Å². The highest BCUT2D eigenvalue weighted by Crippen LogP contribution is 2.22. The van der Waals surface area contributed by atoms with Gasteiger partial charge in [-0.25, -0.2) is 0 Å². The number of methoxy groups -OCH3 is 1. The van der Waals surface area contributed by atoms with Gasteiger partial charge in [-0.15, -0.1) is 0 Å². The first-order chi connectivity index (χ1) is 7.20. The van der Waals surface area contributed by atoms with Gasteiger partial charge in [0.05, 0.1) is 18.3 Å². The van der Waals surface area contributed by atoms with Crippen molar-refractivity contribution in [3.8, 4) is 5.75 Å². The Balaban J connectivity index is 2.61. The molecule has 0 aliphatic carbocycles. The van der Waals surface area contributed by atoms with E-state index in [-0.39, 0.29) is 0 Å².